The van der Waals surface area contributed by atoms with Gasteiger partial charge in [-0.2, -0.15) is 0 Å². The summed E-state index contributed by atoms with van der Waals surface area (Å²) < 4.78 is 5.06. The fourth-order valence-electron chi connectivity index (χ4n) is 3.20. The van der Waals surface area contributed by atoms with E-state index >= 15 is 0 Å². The van der Waals surface area contributed by atoms with E-state index in [0.29, 0.717) is 19.6 Å². The SMILES string of the molecule is COCCN1C(=O)C[C@@H]2[C@H]1CCN2C(=O)c1cccs1. The molecule has 20 heavy (non-hydrogen) atoms. The van der Waals surface area contributed by atoms with E-state index in [1.165, 1.54) is 11.3 Å². The van der Waals surface area contributed by atoms with Crippen molar-refractivity contribution >= 4 is 23.2 Å². The van der Waals surface area contributed by atoms with Crippen LogP contribution in [-0.2, 0) is 9.53 Å². The average molecular weight is 294 g/mol. The van der Waals surface area contributed by atoms with Gasteiger partial charge in [0.15, 0.2) is 0 Å². The van der Waals surface area contributed by atoms with Crippen LogP contribution in [0.3, 0.4) is 0 Å². The molecule has 1 aromatic heterocycles. The number of hydrogen-bond acceptors (Lipinski definition) is 4. The molecule has 2 atom stereocenters. The summed E-state index contributed by atoms with van der Waals surface area (Å²) in [6.07, 6.45) is 1.32. The number of rotatable bonds is 4. The van der Waals surface area contributed by atoms with Crippen LogP contribution in [0.5, 0.6) is 0 Å². The Morgan fingerprint density at radius 3 is 3.05 bits per heavy atom. The first kappa shape index (κ1) is 13.6. The van der Waals surface area contributed by atoms with Crippen molar-refractivity contribution < 1.29 is 14.3 Å². The molecule has 0 bridgehead atoms. The third kappa shape index (κ3) is 2.23. The molecule has 0 aromatic carbocycles. The molecule has 0 N–H and O–H groups in total. The number of methoxy groups -OCH3 is 1. The summed E-state index contributed by atoms with van der Waals surface area (Å²) in [6, 6.07) is 3.94. The number of hydrogen-bond donors (Lipinski definition) is 0. The Labute approximate surface area is 122 Å². The van der Waals surface area contributed by atoms with Gasteiger partial charge in [-0.15, -0.1) is 11.3 Å². The van der Waals surface area contributed by atoms with Gasteiger partial charge in [0.05, 0.1) is 23.6 Å². The number of ether oxygens (including phenoxy) is 1. The second-order valence-electron chi connectivity index (χ2n) is 5.18. The molecule has 108 valence electrons. The highest BCUT2D eigenvalue weighted by molar-refractivity contribution is 7.12. The van der Waals surface area contributed by atoms with E-state index in [1.807, 2.05) is 27.3 Å². The van der Waals surface area contributed by atoms with Gasteiger partial charge in [0, 0.05) is 26.6 Å². The predicted octanol–water partition coefficient (Wildman–Crippen LogP) is 1.21. The van der Waals surface area contributed by atoms with E-state index in [-0.39, 0.29) is 23.9 Å². The molecule has 0 spiro atoms. The molecule has 0 radical (unpaired) electrons. The summed E-state index contributed by atoms with van der Waals surface area (Å²) in [5.74, 6) is 0.203. The van der Waals surface area contributed by atoms with E-state index < -0.39 is 0 Å². The van der Waals surface area contributed by atoms with Crippen LogP contribution in [0, 0.1) is 0 Å². The molecule has 0 saturated carbocycles. The third-order valence-electron chi connectivity index (χ3n) is 4.14. The lowest BCUT2D eigenvalue weighted by molar-refractivity contribution is -0.129. The quantitative estimate of drug-likeness (QED) is 0.838. The van der Waals surface area contributed by atoms with Crippen molar-refractivity contribution in [3.8, 4) is 0 Å². The van der Waals surface area contributed by atoms with E-state index in [2.05, 4.69) is 0 Å². The molecular formula is C14H18N2O3S. The Morgan fingerprint density at radius 1 is 1.50 bits per heavy atom. The van der Waals surface area contributed by atoms with Gasteiger partial charge >= 0.3 is 0 Å². The maximum Gasteiger partial charge on any atom is 0.264 e. The van der Waals surface area contributed by atoms with E-state index in [9.17, 15) is 9.59 Å². The summed E-state index contributed by atoms with van der Waals surface area (Å²) in [5, 5.41) is 1.91. The molecule has 3 rings (SSSR count). The monoisotopic (exact) mass is 294 g/mol. The van der Waals surface area contributed by atoms with Gasteiger partial charge in [-0.05, 0) is 17.9 Å². The van der Waals surface area contributed by atoms with Gasteiger partial charge in [0.2, 0.25) is 5.91 Å². The minimum absolute atomic E-state index is 0.0361. The third-order valence-corrected chi connectivity index (χ3v) is 5.00. The van der Waals surface area contributed by atoms with Crippen LogP contribution in [0.1, 0.15) is 22.5 Å². The Balaban J connectivity index is 1.73. The van der Waals surface area contributed by atoms with Crippen LogP contribution >= 0.6 is 11.3 Å². The first-order valence-electron chi connectivity index (χ1n) is 6.85. The summed E-state index contributed by atoms with van der Waals surface area (Å²) in [5.41, 5.74) is 0. The van der Waals surface area contributed by atoms with Crippen LogP contribution in [-0.4, -0.2) is 60.5 Å². The molecule has 1 aromatic rings. The lowest BCUT2D eigenvalue weighted by atomic mass is 10.1. The number of likely N-dealkylation sites (tertiary alicyclic amines) is 2. The zero-order chi connectivity index (χ0) is 14.1. The van der Waals surface area contributed by atoms with Crippen molar-refractivity contribution in [2.24, 2.45) is 0 Å². The van der Waals surface area contributed by atoms with Crippen molar-refractivity contribution in [1.82, 2.24) is 9.80 Å². The standard InChI is InChI=1S/C14H18N2O3S/c1-19-7-6-15-10-4-5-16(11(10)9-13(15)17)14(18)12-3-2-8-20-12/h2-3,8,10-11H,4-7,9H2,1H3/t10-,11-/m1/s1. The van der Waals surface area contributed by atoms with Crippen molar-refractivity contribution in [2.45, 2.75) is 24.9 Å². The van der Waals surface area contributed by atoms with Crippen molar-refractivity contribution in [1.29, 1.82) is 0 Å². The van der Waals surface area contributed by atoms with Gasteiger partial charge in [-0.25, -0.2) is 0 Å². The molecule has 6 heteroatoms. The van der Waals surface area contributed by atoms with E-state index in [4.69, 9.17) is 4.74 Å². The summed E-state index contributed by atoms with van der Waals surface area (Å²) in [4.78, 5) is 29.1. The highest BCUT2D eigenvalue weighted by atomic mass is 32.1. The molecule has 0 aliphatic carbocycles. The molecule has 2 fully saturated rings. The minimum Gasteiger partial charge on any atom is -0.383 e. The molecule has 5 nitrogen and oxygen atoms in total. The molecule has 2 amide bonds. The average Bonchev–Trinajstić information content (AvgIpc) is 3.12. The number of thiophene rings is 1. The van der Waals surface area contributed by atoms with E-state index in [0.717, 1.165) is 17.8 Å². The van der Waals surface area contributed by atoms with Crippen LogP contribution in [0.4, 0.5) is 0 Å². The molecule has 2 saturated heterocycles. The van der Waals surface area contributed by atoms with Gasteiger partial charge < -0.3 is 14.5 Å². The number of amides is 2. The van der Waals surface area contributed by atoms with Crippen molar-refractivity contribution in [3.05, 3.63) is 22.4 Å². The van der Waals surface area contributed by atoms with Crippen LogP contribution in [0.2, 0.25) is 0 Å². The smallest absolute Gasteiger partial charge is 0.264 e. The lowest BCUT2D eigenvalue weighted by Crippen LogP contribution is -2.40. The van der Waals surface area contributed by atoms with Crippen molar-refractivity contribution in [3.63, 3.8) is 0 Å². The molecule has 3 heterocycles. The Morgan fingerprint density at radius 2 is 2.35 bits per heavy atom. The highest BCUT2D eigenvalue weighted by Gasteiger charge is 2.48. The fourth-order valence-corrected chi connectivity index (χ4v) is 3.88. The molecular weight excluding hydrogens is 276 g/mol. The summed E-state index contributed by atoms with van der Waals surface area (Å²) in [7, 11) is 1.64. The summed E-state index contributed by atoms with van der Waals surface area (Å²) >= 11 is 1.46. The molecule has 2 aliphatic heterocycles. The van der Waals surface area contributed by atoms with E-state index in [1.54, 1.807) is 7.11 Å². The second kappa shape index (κ2) is 5.54. The predicted molar refractivity (Wildman–Crippen MR) is 75.8 cm³/mol. The molecule has 2 aliphatic rings. The maximum absolute atomic E-state index is 12.5. The number of carbonyl (C=O) groups is 2. The van der Waals surface area contributed by atoms with Gasteiger partial charge in [-0.3, -0.25) is 9.59 Å². The zero-order valence-electron chi connectivity index (χ0n) is 11.4. The van der Waals surface area contributed by atoms with Gasteiger partial charge in [0.25, 0.3) is 5.91 Å². The number of nitrogens with zero attached hydrogens (tertiary/aromatic N) is 2. The fraction of sp³-hybridized carbons (Fsp3) is 0.571. The minimum atomic E-state index is 0.0361. The zero-order valence-corrected chi connectivity index (χ0v) is 12.3. The largest absolute Gasteiger partial charge is 0.383 e. The Hall–Kier alpha value is -1.40. The first-order valence-corrected chi connectivity index (χ1v) is 7.73. The second-order valence-corrected chi connectivity index (χ2v) is 6.13. The highest BCUT2D eigenvalue weighted by Crippen LogP contribution is 2.33. The number of carbonyl (C=O) groups excluding carboxylic acids is 2. The number of fused-ring (bicyclic) bond motifs is 1. The van der Waals surface area contributed by atoms with Crippen LogP contribution in [0.25, 0.3) is 0 Å². The maximum atomic E-state index is 12.5. The van der Waals surface area contributed by atoms with Crippen LogP contribution in [0.15, 0.2) is 17.5 Å². The van der Waals surface area contributed by atoms with Gasteiger partial charge in [-0.1, -0.05) is 6.07 Å². The molecule has 0 unspecified atom stereocenters. The van der Waals surface area contributed by atoms with Crippen molar-refractivity contribution in [2.75, 3.05) is 26.8 Å². The Kier molecular flexibility index (Phi) is 3.76. The Bertz CT molecular complexity index is 503. The summed E-state index contributed by atoms with van der Waals surface area (Å²) in [6.45, 7) is 1.91. The normalized spacial score (nSPS) is 25.4. The topological polar surface area (TPSA) is 49.9 Å². The first-order chi connectivity index (χ1) is 9.72. The lowest BCUT2D eigenvalue weighted by Gasteiger charge is -2.25. The van der Waals surface area contributed by atoms with Gasteiger partial charge in [0.1, 0.15) is 0 Å². The van der Waals surface area contributed by atoms with Crippen LogP contribution < -0.4 is 0 Å².